The Hall–Kier alpha value is -1.98. The monoisotopic (exact) mass is 361 g/mol. The van der Waals surface area contributed by atoms with E-state index in [9.17, 15) is 9.59 Å². The first-order valence-electron chi connectivity index (χ1n) is 7.58. The van der Waals surface area contributed by atoms with Crippen LogP contribution in [0.5, 0.6) is 0 Å². The first-order chi connectivity index (χ1) is 11.6. The highest BCUT2D eigenvalue weighted by Crippen LogP contribution is 2.37. The Labute approximate surface area is 149 Å². The molecule has 0 aliphatic carbocycles. The second-order valence-corrected chi connectivity index (χ2v) is 6.69. The summed E-state index contributed by atoms with van der Waals surface area (Å²) in [5.74, 6) is -0.0228. The predicted octanol–water partition coefficient (Wildman–Crippen LogP) is 4.16. The van der Waals surface area contributed by atoms with Gasteiger partial charge in [0.1, 0.15) is 0 Å². The first-order valence-corrected chi connectivity index (χ1v) is 8.94. The fraction of sp³-hybridized carbons (Fsp3) is 0.222. The lowest BCUT2D eigenvalue weighted by atomic mass is 10.1. The number of nitrogens with zero attached hydrogens (tertiary/aromatic N) is 1. The van der Waals surface area contributed by atoms with Gasteiger partial charge >= 0.3 is 5.97 Å². The van der Waals surface area contributed by atoms with E-state index in [1.165, 1.54) is 11.8 Å². The molecule has 0 spiro atoms. The third-order valence-electron chi connectivity index (χ3n) is 3.70. The Morgan fingerprint density at radius 3 is 2.83 bits per heavy atom. The quantitative estimate of drug-likeness (QED) is 0.767. The van der Waals surface area contributed by atoms with E-state index in [4.69, 9.17) is 16.3 Å². The number of carbonyl (C=O) groups excluding carboxylic acids is 2. The van der Waals surface area contributed by atoms with E-state index in [2.05, 4.69) is 0 Å². The van der Waals surface area contributed by atoms with Crippen molar-refractivity contribution in [2.45, 2.75) is 18.4 Å². The van der Waals surface area contributed by atoms with Crippen LogP contribution in [0.15, 0.2) is 47.4 Å². The number of amides is 1. The molecule has 0 saturated carbocycles. The lowest BCUT2D eigenvalue weighted by molar-refractivity contribution is -0.116. The topological polar surface area (TPSA) is 46.6 Å². The average molecular weight is 362 g/mol. The fourth-order valence-electron chi connectivity index (χ4n) is 2.51. The number of hydrogen-bond donors (Lipinski definition) is 0. The van der Waals surface area contributed by atoms with E-state index in [0.717, 1.165) is 16.1 Å². The Morgan fingerprint density at radius 2 is 2.08 bits per heavy atom. The molecule has 0 aromatic heterocycles. The highest BCUT2D eigenvalue weighted by Gasteiger charge is 2.26. The third kappa shape index (κ3) is 3.42. The lowest BCUT2D eigenvalue weighted by Gasteiger charge is -2.29. The normalized spacial score (nSPS) is 13.6. The number of hydrogen-bond acceptors (Lipinski definition) is 4. The Balaban J connectivity index is 1.96. The van der Waals surface area contributed by atoms with Gasteiger partial charge in [-0.05, 0) is 36.8 Å². The number of fused-ring (bicyclic) bond motifs is 1. The molecule has 124 valence electrons. The van der Waals surface area contributed by atoms with Gasteiger partial charge in [-0.3, -0.25) is 4.79 Å². The van der Waals surface area contributed by atoms with Crippen molar-refractivity contribution in [1.82, 2.24) is 0 Å². The number of esters is 1. The number of ether oxygens (including phenoxy) is 1. The molecule has 24 heavy (non-hydrogen) atoms. The van der Waals surface area contributed by atoms with E-state index in [1.54, 1.807) is 30.0 Å². The summed E-state index contributed by atoms with van der Waals surface area (Å²) in [6.45, 7) is 2.45. The van der Waals surface area contributed by atoms with Crippen LogP contribution >= 0.6 is 23.4 Å². The number of carbonyl (C=O) groups is 2. The zero-order valence-electron chi connectivity index (χ0n) is 13.1. The third-order valence-corrected chi connectivity index (χ3v) is 5.12. The minimum Gasteiger partial charge on any atom is -0.462 e. The lowest BCUT2D eigenvalue weighted by Crippen LogP contribution is -2.35. The number of rotatable bonds is 4. The SMILES string of the molecule is CCOC(=O)c1ccc2c(c1)N(Cc1ccccc1Cl)C(=O)CS2. The molecule has 6 heteroatoms. The Bertz CT molecular complexity index is 794. The van der Waals surface area contributed by atoms with E-state index in [0.29, 0.717) is 29.5 Å². The molecule has 1 aliphatic rings. The molecule has 0 radical (unpaired) electrons. The van der Waals surface area contributed by atoms with Crippen LogP contribution in [0.25, 0.3) is 0 Å². The van der Waals surface area contributed by atoms with Crippen LogP contribution < -0.4 is 4.90 Å². The van der Waals surface area contributed by atoms with Crippen LogP contribution in [-0.4, -0.2) is 24.2 Å². The van der Waals surface area contributed by atoms with E-state index >= 15 is 0 Å². The molecule has 1 amide bonds. The van der Waals surface area contributed by atoms with Crippen LogP contribution in [-0.2, 0) is 16.1 Å². The summed E-state index contributed by atoms with van der Waals surface area (Å²) >= 11 is 7.70. The van der Waals surface area contributed by atoms with Gasteiger partial charge in [0.05, 0.1) is 30.2 Å². The van der Waals surface area contributed by atoms with Crippen LogP contribution in [0.3, 0.4) is 0 Å². The van der Waals surface area contributed by atoms with Crippen molar-refractivity contribution in [1.29, 1.82) is 0 Å². The number of thioether (sulfide) groups is 1. The molecule has 4 nitrogen and oxygen atoms in total. The van der Waals surface area contributed by atoms with Gasteiger partial charge in [-0.25, -0.2) is 4.79 Å². The average Bonchev–Trinajstić information content (AvgIpc) is 2.59. The van der Waals surface area contributed by atoms with Gasteiger partial charge < -0.3 is 9.64 Å². The first kappa shape index (κ1) is 16.9. The maximum atomic E-state index is 12.4. The highest BCUT2D eigenvalue weighted by molar-refractivity contribution is 8.00. The molecule has 0 atom stereocenters. The summed E-state index contributed by atoms with van der Waals surface area (Å²) in [7, 11) is 0. The van der Waals surface area contributed by atoms with Crippen molar-refractivity contribution in [2.24, 2.45) is 0 Å². The van der Waals surface area contributed by atoms with Crippen molar-refractivity contribution in [3.05, 3.63) is 58.6 Å². The van der Waals surface area contributed by atoms with Crippen molar-refractivity contribution < 1.29 is 14.3 Å². The maximum absolute atomic E-state index is 12.4. The van der Waals surface area contributed by atoms with Gasteiger partial charge in [-0.1, -0.05) is 29.8 Å². The maximum Gasteiger partial charge on any atom is 0.338 e. The van der Waals surface area contributed by atoms with Gasteiger partial charge in [0.2, 0.25) is 5.91 Å². The molecule has 0 saturated heterocycles. The second kappa shape index (κ2) is 7.28. The summed E-state index contributed by atoms with van der Waals surface area (Å²) in [6.07, 6.45) is 0. The number of anilines is 1. The highest BCUT2D eigenvalue weighted by atomic mass is 35.5. The summed E-state index contributed by atoms with van der Waals surface area (Å²) < 4.78 is 5.05. The Kier molecular flexibility index (Phi) is 5.11. The van der Waals surface area contributed by atoms with Crippen LogP contribution in [0.4, 0.5) is 5.69 Å². The summed E-state index contributed by atoms with van der Waals surface area (Å²) in [5.41, 5.74) is 2.03. The molecule has 0 bridgehead atoms. The van der Waals surface area contributed by atoms with Crippen molar-refractivity contribution in [3.8, 4) is 0 Å². The number of benzene rings is 2. The summed E-state index contributed by atoms with van der Waals surface area (Å²) in [5, 5.41) is 0.617. The van der Waals surface area contributed by atoms with Crippen LogP contribution in [0, 0.1) is 0 Å². The van der Waals surface area contributed by atoms with Crippen molar-refractivity contribution in [3.63, 3.8) is 0 Å². The standard InChI is InChI=1S/C18H16ClNO3S/c1-2-23-18(22)12-7-8-16-15(9-12)20(17(21)11-24-16)10-13-5-3-4-6-14(13)19/h3-9H,2,10-11H2,1H3. The second-order valence-electron chi connectivity index (χ2n) is 5.26. The Morgan fingerprint density at radius 1 is 1.29 bits per heavy atom. The minimum atomic E-state index is -0.388. The number of halogens is 1. The smallest absolute Gasteiger partial charge is 0.338 e. The molecule has 0 N–H and O–H groups in total. The molecule has 2 aromatic rings. The zero-order valence-corrected chi connectivity index (χ0v) is 14.7. The molecule has 0 fully saturated rings. The van der Waals surface area contributed by atoms with Gasteiger partial charge in [0.25, 0.3) is 0 Å². The molecule has 1 aliphatic heterocycles. The van der Waals surface area contributed by atoms with Crippen LogP contribution in [0.2, 0.25) is 5.02 Å². The molecule has 3 rings (SSSR count). The fourth-order valence-corrected chi connectivity index (χ4v) is 3.63. The summed E-state index contributed by atoms with van der Waals surface area (Å²) in [4.78, 5) is 27.0. The van der Waals surface area contributed by atoms with E-state index in [1.807, 2.05) is 24.3 Å². The summed E-state index contributed by atoms with van der Waals surface area (Å²) in [6, 6.07) is 12.7. The van der Waals surface area contributed by atoms with Gasteiger partial charge in [-0.2, -0.15) is 0 Å². The predicted molar refractivity (Wildman–Crippen MR) is 95.8 cm³/mol. The molecular formula is C18H16ClNO3S. The van der Waals surface area contributed by atoms with Gasteiger partial charge in [0.15, 0.2) is 0 Å². The minimum absolute atomic E-state index is 0.00608. The van der Waals surface area contributed by atoms with Gasteiger partial charge in [0, 0.05) is 9.92 Å². The van der Waals surface area contributed by atoms with E-state index < -0.39 is 0 Å². The van der Waals surface area contributed by atoms with Crippen LogP contribution in [0.1, 0.15) is 22.8 Å². The van der Waals surface area contributed by atoms with Crippen molar-refractivity contribution in [2.75, 3.05) is 17.3 Å². The molecule has 1 heterocycles. The zero-order chi connectivity index (χ0) is 17.1. The van der Waals surface area contributed by atoms with Crippen molar-refractivity contribution >= 4 is 40.9 Å². The van der Waals surface area contributed by atoms with Gasteiger partial charge in [-0.15, -0.1) is 11.8 Å². The molecule has 2 aromatic carbocycles. The molecule has 0 unspecified atom stereocenters. The molecular weight excluding hydrogens is 346 g/mol. The largest absolute Gasteiger partial charge is 0.462 e. The van der Waals surface area contributed by atoms with E-state index in [-0.39, 0.29) is 11.9 Å².